The average Bonchev–Trinajstić information content (AvgIpc) is 1.95. The van der Waals surface area contributed by atoms with Crippen LogP contribution in [0.3, 0.4) is 0 Å². The van der Waals surface area contributed by atoms with E-state index in [-0.39, 0.29) is 5.41 Å². The van der Waals surface area contributed by atoms with Crippen LogP contribution >= 0.6 is 0 Å². The van der Waals surface area contributed by atoms with Crippen LogP contribution in [-0.4, -0.2) is 18.3 Å². The van der Waals surface area contributed by atoms with Crippen molar-refractivity contribution in [3.8, 4) is 0 Å². The van der Waals surface area contributed by atoms with E-state index < -0.39 is 5.54 Å². The van der Waals surface area contributed by atoms with Gasteiger partial charge in [-0.05, 0) is 19.9 Å². The summed E-state index contributed by atoms with van der Waals surface area (Å²) < 4.78 is 0. The van der Waals surface area contributed by atoms with E-state index in [1.54, 1.807) is 7.05 Å². The first-order valence-corrected chi connectivity index (χ1v) is 4.83. The highest BCUT2D eigenvalue weighted by Gasteiger charge is 2.20. The molecule has 0 spiro atoms. The molecule has 82 valence electrons. The van der Waals surface area contributed by atoms with Gasteiger partial charge in [0, 0.05) is 18.2 Å². The molecule has 0 aromatic carbocycles. The summed E-state index contributed by atoms with van der Waals surface area (Å²) in [5, 5.41) is 0. The van der Waals surface area contributed by atoms with Crippen LogP contribution in [0.15, 0.2) is 16.8 Å². The topological polar surface area (TPSA) is 64.4 Å². The molecule has 3 heteroatoms. The second-order valence-electron chi connectivity index (χ2n) is 5.18. The van der Waals surface area contributed by atoms with Gasteiger partial charge < -0.3 is 11.5 Å². The van der Waals surface area contributed by atoms with Crippen molar-refractivity contribution in [3.63, 3.8) is 0 Å². The molecule has 0 aromatic rings. The van der Waals surface area contributed by atoms with Crippen molar-refractivity contribution in [1.82, 2.24) is 0 Å². The van der Waals surface area contributed by atoms with Crippen LogP contribution < -0.4 is 11.5 Å². The fourth-order valence-corrected chi connectivity index (χ4v) is 0.903. The summed E-state index contributed by atoms with van der Waals surface area (Å²) in [6, 6.07) is 0. The van der Waals surface area contributed by atoms with Crippen LogP contribution in [0.25, 0.3) is 0 Å². The molecule has 0 fully saturated rings. The normalized spacial score (nSPS) is 15.9. The van der Waals surface area contributed by atoms with Crippen molar-refractivity contribution in [2.24, 2.45) is 21.9 Å². The Kier molecular flexibility index (Phi) is 3.89. The van der Waals surface area contributed by atoms with Crippen molar-refractivity contribution in [2.45, 2.75) is 40.2 Å². The molecule has 0 heterocycles. The summed E-state index contributed by atoms with van der Waals surface area (Å²) in [7, 11) is 1.73. The SMILES string of the molecule is CN=C(C=C(N)C(C)(C)C)C(C)(C)N. The Balaban J connectivity index is 4.99. The van der Waals surface area contributed by atoms with Crippen LogP contribution in [0.2, 0.25) is 0 Å². The fraction of sp³-hybridized carbons (Fsp3) is 0.727. The fourth-order valence-electron chi connectivity index (χ4n) is 0.903. The maximum atomic E-state index is 5.95. The molecule has 0 saturated heterocycles. The highest BCUT2D eigenvalue weighted by molar-refractivity contribution is 6.02. The van der Waals surface area contributed by atoms with Gasteiger partial charge in [0.05, 0.1) is 11.3 Å². The Morgan fingerprint density at radius 2 is 1.57 bits per heavy atom. The van der Waals surface area contributed by atoms with E-state index in [0.717, 1.165) is 11.4 Å². The standard InChI is InChI=1S/C11H23N3/c1-10(2,3)8(12)7-9(14-6)11(4,5)13/h7H,12-13H2,1-6H3. The largest absolute Gasteiger partial charge is 0.402 e. The van der Waals surface area contributed by atoms with Gasteiger partial charge in [-0.3, -0.25) is 4.99 Å². The molecular formula is C11H23N3. The van der Waals surface area contributed by atoms with Crippen LogP contribution in [0.4, 0.5) is 0 Å². The predicted octanol–water partition coefficient (Wildman–Crippen LogP) is 1.68. The zero-order valence-corrected chi connectivity index (χ0v) is 10.2. The van der Waals surface area contributed by atoms with Gasteiger partial charge in [-0.2, -0.15) is 0 Å². The Hall–Kier alpha value is -0.830. The van der Waals surface area contributed by atoms with E-state index in [2.05, 4.69) is 25.8 Å². The van der Waals surface area contributed by atoms with Gasteiger partial charge in [0.15, 0.2) is 0 Å². The van der Waals surface area contributed by atoms with E-state index >= 15 is 0 Å². The van der Waals surface area contributed by atoms with E-state index in [0.29, 0.717) is 0 Å². The van der Waals surface area contributed by atoms with Crippen molar-refractivity contribution in [3.05, 3.63) is 11.8 Å². The molecule has 0 aromatic heterocycles. The highest BCUT2D eigenvalue weighted by Crippen LogP contribution is 2.21. The molecule has 0 radical (unpaired) electrons. The smallest absolute Gasteiger partial charge is 0.0555 e. The molecule has 0 aliphatic carbocycles. The lowest BCUT2D eigenvalue weighted by molar-refractivity contribution is 0.497. The zero-order chi connectivity index (χ0) is 11.6. The molecule has 14 heavy (non-hydrogen) atoms. The van der Waals surface area contributed by atoms with Crippen LogP contribution in [0.5, 0.6) is 0 Å². The number of nitrogens with two attached hydrogens (primary N) is 2. The minimum Gasteiger partial charge on any atom is -0.402 e. The molecule has 0 atom stereocenters. The summed E-state index contributed by atoms with van der Waals surface area (Å²) in [6.07, 6.45) is 1.88. The maximum absolute atomic E-state index is 5.95. The lowest BCUT2D eigenvalue weighted by atomic mass is 9.89. The second-order valence-corrected chi connectivity index (χ2v) is 5.18. The van der Waals surface area contributed by atoms with E-state index in [1.165, 1.54) is 0 Å². The Labute approximate surface area is 87.3 Å². The van der Waals surface area contributed by atoms with Crippen LogP contribution in [0, 0.1) is 5.41 Å². The molecule has 0 amide bonds. The summed E-state index contributed by atoms with van der Waals surface area (Å²) in [6.45, 7) is 10.0. The monoisotopic (exact) mass is 197 g/mol. The molecule has 0 aliphatic rings. The van der Waals surface area contributed by atoms with Gasteiger partial charge in [0.25, 0.3) is 0 Å². The Bertz CT molecular complexity index is 249. The molecule has 0 unspecified atom stereocenters. The van der Waals surface area contributed by atoms with Gasteiger partial charge in [0.2, 0.25) is 0 Å². The molecule has 3 nitrogen and oxygen atoms in total. The van der Waals surface area contributed by atoms with E-state index in [1.807, 2.05) is 19.9 Å². The number of nitrogens with zero attached hydrogens (tertiary/aromatic N) is 1. The summed E-state index contributed by atoms with van der Waals surface area (Å²) in [5.74, 6) is 0. The molecule has 4 N–H and O–H groups in total. The van der Waals surface area contributed by atoms with Crippen molar-refractivity contribution in [2.75, 3.05) is 7.05 Å². The van der Waals surface area contributed by atoms with Crippen LogP contribution in [-0.2, 0) is 0 Å². The molecule has 0 bridgehead atoms. The number of allylic oxidation sites excluding steroid dienone is 1. The quantitative estimate of drug-likeness (QED) is 0.661. The first-order chi connectivity index (χ1) is 6.09. The molecular weight excluding hydrogens is 174 g/mol. The van der Waals surface area contributed by atoms with Crippen molar-refractivity contribution < 1.29 is 0 Å². The molecule has 0 rings (SSSR count). The summed E-state index contributed by atoms with van der Waals surface area (Å²) in [4.78, 5) is 4.15. The second kappa shape index (κ2) is 4.13. The number of hydrogen-bond acceptors (Lipinski definition) is 3. The minimum atomic E-state index is -0.440. The predicted molar refractivity (Wildman–Crippen MR) is 63.4 cm³/mol. The highest BCUT2D eigenvalue weighted by atomic mass is 14.8. The average molecular weight is 197 g/mol. The minimum absolute atomic E-state index is 0.0405. The number of hydrogen-bond donors (Lipinski definition) is 2. The first kappa shape index (κ1) is 13.2. The van der Waals surface area contributed by atoms with E-state index in [9.17, 15) is 0 Å². The first-order valence-electron chi connectivity index (χ1n) is 4.83. The van der Waals surface area contributed by atoms with Gasteiger partial charge in [-0.1, -0.05) is 20.8 Å². The lowest BCUT2D eigenvalue weighted by Gasteiger charge is -2.23. The summed E-state index contributed by atoms with van der Waals surface area (Å²) in [5.41, 5.74) is 13.0. The third-order valence-electron chi connectivity index (χ3n) is 2.06. The lowest BCUT2D eigenvalue weighted by Crippen LogP contribution is -2.41. The summed E-state index contributed by atoms with van der Waals surface area (Å²) >= 11 is 0. The van der Waals surface area contributed by atoms with Gasteiger partial charge in [0.1, 0.15) is 0 Å². The van der Waals surface area contributed by atoms with Gasteiger partial charge in [-0.25, -0.2) is 0 Å². The Morgan fingerprint density at radius 1 is 1.14 bits per heavy atom. The molecule has 0 aliphatic heterocycles. The van der Waals surface area contributed by atoms with Gasteiger partial charge >= 0.3 is 0 Å². The third kappa shape index (κ3) is 3.92. The number of aliphatic imine (C=N–C) groups is 1. The zero-order valence-electron chi connectivity index (χ0n) is 10.2. The van der Waals surface area contributed by atoms with E-state index in [4.69, 9.17) is 11.5 Å². The third-order valence-corrected chi connectivity index (χ3v) is 2.06. The Morgan fingerprint density at radius 3 is 1.79 bits per heavy atom. The van der Waals surface area contributed by atoms with Gasteiger partial charge in [-0.15, -0.1) is 0 Å². The van der Waals surface area contributed by atoms with Crippen molar-refractivity contribution >= 4 is 5.71 Å². The van der Waals surface area contributed by atoms with Crippen molar-refractivity contribution in [1.29, 1.82) is 0 Å². The van der Waals surface area contributed by atoms with Crippen LogP contribution in [0.1, 0.15) is 34.6 Å². The number of rotatable bonds is 2. The maximum Gasteiger partial charge on any atom is 0.0555 e. The molecule has 0 saturated carbocycles.